The zero-order chi connectivity index (χ0) is 23.8. The van der Waals surface area contributed by atoms with Crippen LogP contribution in [0.25, 0.3) is 0 Å². The van der Waals surface area contributed by atoms with Gasteiger partial charge in [0.2, 0.25) is 0 Å². The molecule has 0 saturated carbocycles. The van der Waals surface area contributed by atoms with Crippen LogP contribution in [0.2, 0.25) is 0 Å². The molecule has 3 aromatic carbocycles. The van der Waals surface area contributed by atoms with Gasteiger partial charge in [0.1, 0.15) is 5.75 Å². The topological polar surface area (TPSA) is 102 Å². The number of nitrogens with zero attached hydrogens (tertiary/aromatic N) is 1. The Bertz CT molecular complexity index is 1210. The number of hydrogen-bond donors (Lipinski definition) is 1. The molecular formula is C24H24N2O6S. The van der Waals surface area contributed by atoms with E-state index in [4.69, 9.17) is 9.47 Å². The van der Waals surface area contributed by atoms with Crippen molar-refractivity contribution in [2.45, 2.75) is 11.4 Å². The highest BCUT2D eigenvalue weighted by Gasteiger charge is 2.19. The third-order valence-corrected chi connectivity index (χ3v) is 6.12. The Hall–Kier alpha value is -3.85. The molecule has 1 N–H and O–H groups in total. The highest BCUT2D eigenvalue weighted by atomic mass is 32.2. The van der Waals surface area contributed by atoms with Gasteiger partial charge in [-0.3, -0.25) is 9.52 Å². The molecule has 0 radical (unpaired) electrons. The van der Waals surface area contributed by atoms with E-state index in [1.165, 1.54) is 36.3 Å². The van der Waals surface area contributed by atoms with Crippen LogP contribution in [0.5, 0.6) is 5.75 Å². The Balaban J connectivity index is 1.61. The molecule has 9 heteroatoms. The van der Waals surface area contributed by atoms with E-state index < -0.39 is 22.6 Å². The molecule has 0 aliphatic heterocycles. The minimum absolute atomic E-state index is 0.0196. The molecule has 0 atom stereocenters. The summed E-state index contributed by atoms with van der Waals surface area (Å²) in [5, 5.41) is 0. The first-order valence-corrected chi connectivity index (χ1v) is 11.5. The number of hydrogen-bond acceptors (Lipinski definition) is 6. The fraction of sp³-hybridized carbons (Fsp3) is 0.167. The Labute approximate surface area is 192 Å². The van der Waals surface area contributed by atoms with Crippen LogP contribution < -0.4 is 9.46 Å². The molecule has 0 aromatic heterocycles. The smallest absolute Gasteiger partial charge is 0.338 e. The molecule has 172 valence electrons. The molecule has 33 heavy (non-hydrogen) atoms. The quantitative estimate of drug-likeness (QED) is 0.484. The summed E-state index contributed by atoms with van der Waals surface area (Å²) in [7, 11) is -0.817. The zero-order valence-corrected chi connectivity index (χ0v) is 19.0. The van der Waals surface area contributed by atoms with Crippen LogP contribution >= 0.6 is 0 Å². The molecule has 1 amide bonds. The Morgan fingerprint density at radius 3 is 2.30 bits per heavy atom. The first kappa shape index (κ1) is 23.8. The number of likely N-dealkylation sites (N-methyl/N-ethyl adjacent to an activating group) is 1. The van der Waals surface area contributed by atoms with Gasteiger partial charge in [-0.05, 0) is 48.0 Å². The third-order valence-electron chi connectivity index (χ3n) is 4.74. The maximum atomic E-state index is 12.7. The summed E-state index contributed by atoms with van der Waals surface area (Å²) in [5.74, 6) is -0.582. The van der Waals surface area contributed by atoms with Crippen LogP contribution in [-0.2, 0) is 26.1 Å². The van der Waals surface area contributed by atoms with Crippen molar-refractivity contribution >= 4 is 27.6 Å². The summed E-state index contributed by atoms with van der Waals surface area (Å²) in [6, 6.07) is 21.2. The second-order valence-corrected chi connectivity index (χ2v) is 8.86. The first-order valence-electron chi connectivity index (χ1n) is 10.0. The van der Waals surface area contributed by atoms with Crippen molar-refractivity contribution in [3.63, 3.8) is 0 Å². The summed E-state index contributed by atoms with van der Waals surface area (Å²) in [4.78, 5) is 26.0. The van der Waals surface area contributed by atoms with E-state index in [0.29, 0.717) is 18.0 Å². The molecule has 8 nitrogen and oxygen atoms in total. The molecular weight excluding hydrogens is 444 g/mol. The summed E-state index contributed by atoms with van der Waals surface area (Å²) in [6.07, 6.45) is 0. The number of anilines is 1. The molecule has 0 saturated heterocycles. The predicted octanol–water partition coefficient (Wildman–Crippen LogP) is 3.31. The maximum absolute atomic E-state index is 12.7. The molecule has 0 unspecified atom stereocenters. The van der Waals surface area contributed by atoms with Gasteiger partial charge in [-0.15, -0.1) is 0 Å². The Kier molecular flexibility index (Phi) is 7.68. The molecule has 0 heterocycles. The molecule has 0 spiro atoms. The van der Waals surface area contributed by atoms with E-state index in [9.17, 15) is 18.0 Å². The van der Waals surface area contributed by atoms with Gasteiger partial charge in [-0.1, -0.05) is 36.4 Å². The lowest BCUT2D eigenvalue weighted by Crippen LogP contribution is -2.30. The van der Waals surface area contributed by atoms with E-state index in [-0.39, 0.29) is 16.4 Å². The largest absolute Gasteiger partial charge is 0.497 e. The summed E-state index contributed by atoms with van der Waals surface area (Å²) < 4.78 is 38.0. The van der Waals surface area contributed by atoms with Crippen molar-refractivity contribution < 1.29 is 27.5 Å². The summed E-state index contributed by atoms with van der Waals surface area (Å²) >= 11 is 0. The van der Waals surface area contributed by atoms with E-state index in [2.05, 4.69) is 4.72 Å². The highest BCUT2D eigenvalue weighted by molar-refractivity contribution is 7.92. The fourth-order valence-corrected chi connectivity index (χ4v) is 4.03. The second kappa shape index (κ2) is 10.6. The molecule has 3 rings (SSSR count). The van der Waals surface area contributed by atoms with Gasteiger partial charge in [0.15, 0.2) is 6.61 Å². The van der Waals surface area contributed by atoms with Gasteiger partial charge in [-0.25, -0.2) is 13.2 Å². The van der Waals surface area contributed by atoms with Gasteiger partial charge in [0.25, 0.3) is 15.9 Å². The minimum atomic E-state index is -3.94. The summed E-state index contributed by atoms with van der Waals surface area (Å²) in [6.45, 7) is -0.0781. The van der Waals surface area contributed by atoms with Crippen LogP contribution in [0.15, 0.2) is 83.8 Å². The van der Waals surface area contributed by atoms with Crippen LogP contribution in [0.3, 0.4) is 0 Å². The number of rotatable bonds is 9. The van der Waals surface area contributed by atoms with E-state index in [0.717, 1.165) is 5.56 Å². The Morgan fingerprint density at radius 1 is 0.939 bits per heavy atom. The van der Waals surface area contributed by atoms with Crippen molar-refractivity contribution in [1.82, 2.24) is 4.90 Å². The average molecular weight is 469 g/mol. The zero-order valence-electron chi connectivity index (χ0n) is 18.2. The molecule has 0 aliphatic rings. The monoisotopic (exact) mass is 468 g/mol. The van der Waals surface area contributed by atoms with Crippen LogP contribution in [0.4, 0.5) is 5.69 Å². The van der Waals surface area contributed by atoms with Crippen molar-refractivity contribution in [2.75, 3.05) is 25.5 Å². The molecule has 0 bridgehead atoms. The van der Waals surface area contributed by atoms with Gasteiger partial charge in [0.05, 0.1) is 17.6 Å². The van der Waals surface area contributed by atoms with Crippen molar-refractivity contribution in [1.29, 1.82) is 0 Å². The number of carbonyl (C=O) groups is 2. The van der Waals surface area contributed by atoms with Gasteiger partial charge in [-0.2, -0.15) is 0 Å². The Morgan fingerprint density at radius 2 is 1.64 bits per heavy atom. The normalized spacial score (nSPS) is 10.8. The van der Waals surface area contributed by atoms with Gasteiger partial charge < -0.3 is 14.4 Å². The average Bonchev–Trinajstić information content (AvgIpc) is 2.83. The number of methoxy groups -OCH3 is 1. The lowest BCUT2D eigenvalue weighted by molar-refractivity contribution is -0.133. The van der Waals surface area contributed by atoms with Crippen LogP contribution in [0, 0.1) is 0 Å². The number of esters is 1. The minimum Gasteiger partial charge on any atom is -0.497 e. The van der Waals surface area contributed by atoms with E-state index in [1.807, 2.05) is 30.3 Å². The van der Waals surface area contributed by atoms with Crippen molar-refractivity contribution in [3.05, 3.63) is 90.0 Å². The van der Waals surface area contributed by atoms with Crippen LogP contribution in [-0.4, -0.2) is 46.0 Å². The van der Waals surface area contributed by atoms with Crippen molar-refractivity contribution in [3.8, 4) is 5.75 Å². The fourth-order valence-electron chi connectivity index (χ4n) is 2.93. The standard InChI is InChI=1S/C24H24N2O6S/c1-26(16-18-7-4-3-5-8-18)23(27)17-32-24(28)19-9-6-10-22(15-19)33(29,30)25-20-11-13-21(31-2)14-12-20/h3-15,25H,16-17H2,1-2H3. The lowest BCUT2D eigenvalue weighted by Gasteiger charge is -2.17. The number of amides is 1. The van der Waals surface area contributed by atoms with Crippen LogP contribution in [0.1, 0.15) is 15.9 Å². The number of ether oxygens (including phenoxy) is 2. The first-order chi connectivity index (χ1) is 15.8. The third kappa shape index (κ3) is 6.56. The molecule has 0 aliphatic carbocycles. The number of nitrogens with one attached hydrogen (secondary N) is 1. The lowest BCUT2D eigenvalue weighted by atomic mass is 10.2. The SMILES string of the molecule is COc1ccc(NS(=O)(=O)c2cccc(C(=O)OCC(=O)N(C)Cc3ccccc3)c2)cc1. The number of carbonyl (C=O) groups excluding carboxylic acids is 2. The number of sulfonamides is 1. The van der Waals surface area contributed by atoms with Gasteiger partial charge >= 0.3 is 5.97 Å². The maximum Gasteiger partial charge on any atom is 0.338 e. The number of benzene rings is 3. The molecule has 3 aromatic rings. The second-order valence-electron chi connectivity index (χ2n) is 7.17. The molecule has 0 fully saturated rings. The van der Waals surface area contributed by atoms with Gasteiger partial charge in [0, 0.05) is 19.3 Å². The predicted molar refractivity (Wildman–Crippen MR) is 123 cm³/mol. The van der Waals surface area contributed by atoms with Crippen molar-refractivity contribution in [2.24, 2.45) is 0 Å². The summed E-state index contributed by atoms with van der Waals surface area (Å²) in [5.41, 5.74) is 1.31. The van der Waals surface area contributed by atoms with E-state index >= 15 is 0 Å². The van der Waals surface area contributed by atoms with E-state index in [1.54, 1.807) is 31.3 Å². The highest BCUT2D eigenvalue weighted by Crippen LogP contribution is 2.20.